The fourth-order valence-electron chi connectivity index (χ4n) is 5.63. The minimum absolute atomic E-state index is 0.161. The van der Waals surface area contributed by atoms with E-state index in [4.69, 9.17) is 9.90 Å². The van der Waals surface area contributed by atoms with Gasteiger partial charge in [-0.1, -0.05) is 0 Å². The maximum Gasteiger partial charge on any atom is 0.320 e. The quantitative estimate of drug-likeness (QED) is 0.755. The van der Waals surface area contributed by atoms with Crippen LogP contribution < -0.4 is 0 Å². The van der Waals surface area contributed by atoms with Crippen LogP contribution in [0.5, 0.6) is 0 Å². The lowest BCUT2D eigenvalue weighted by molar-refractivity contribution is -0.170. The molecule has 0 aromatic heterocycles. The first kappa shape index (κ1) is 13.9. The molecule has 5 rings (SSSR count). The largest absolute Gasteiger partial charge is 0.483 e. The molecule has 5 nitrogen and oxygen atoms in total. The predicted molar refractivity (Wildman–Crippen MR) is 72.3 cm³/mol. The summed E-state index contributed by atoms with van der Waals surface area (Å²) >= 11 is 0. The van der Waals surface area contributed by atoms with Gasteiger partial charge in [0.05, 0.1) is 0 Å². The molecule has 20 heavy (non-hydrogen) atoms. The summed E-state index contributed by atoms with van der Waals surface area (Å²) in [6.45, 7) is 0.781. The molecular formula is C15H23NO4. The van der Waals surface area contributed by atoms with Crippen molar-refractivity contribution in [1.29, 1.82) is 0 Å². The number of carboxylic acids is 1. The zero-order chi connectivity index (χ0) is 14.3. The van der Waals surface area contributed by atoms with Crippen molar-refractivity contribution >= 4 is 12.4 Å². The molecule has 4 aliphatic carbocycles. The smallest absolute Gasteiger partial charge is 0.320 e. The minimum atomic E-state index is -0.591. The number of aliphatic carboxylic acids is 1. The summed E-state index contributed by atoms with van der Waals surface area (Å²) in [6, 6.07) is -0.161. The van der Waals surface area contributed by atoms with Gasteiger partial charge < -0.3 is 10.2 Å². The van der Waals surface area contributed by atoms with E-state index in [1.165, 1.54) is 38.5 Å². The second kappa shape index (κ2) is 5.02. The second-order valence-electron chi connectivity index (χ2n) is 7.08. The van der Waals surface area contributed by atoms with Crippen molar-refractivity contribution in [3.05, 3.63) is 0 Å². The van der Waals surface area contributed by atoms with Crippen LogP contribution in [0.4, 0.5) is 0 Å². The molecule has 1 atom stereocenters. The Morgan fingerprint density at radius 3 is 1.85 bits per heavy atom. The van der Waals surface area contributed by atoms with Gasteiger partial charge in [0.2, 0.25) is 0 Å². The molecule has 1 heterocycles. The van der Waals surface area contributed by atoms with Gasteiger partial charge in [-0.2, -0.15) is 0 Å². The average Bonchev–Trinajstić information content (AvgIpc) is 2.24. The number of nitrogens with zero attached hydrogens (tertiary/aromatic N) is 1. The Labute approximate surface area is 119 Å². The van der Waals surface area contributed by atoms with Crippen LogP contribution in [0.1, 0.15) is 44.9 Å². The highest BCUT2D eigenvalue weighted by Gasteiger charge is 2.57. The van der Waals surface area contributed by atoms with E-state index in [9.17, 15) is 9.90 Å². The Hall–Kier alpha value is -1.10. The van der Waals surface area contributed by atoms with Crippen LogP contribution in [0.3, 0.4) is 0 Å². The van der Waals surface area contributed by atoms with E-state index in [2.05, 4.69) is 4.90 Å². The van der Waals surface area contributed by atoms with Gasteiger partial charge in [-0.25, -0.2) is 0 Å². The zero-order valence-electron chi connectivity index (χ0n) is 11.7. The van der Waals surface area contributed by atoms with E-state index in [-0.39, 0.29) is 12.5 Å². The molecule has 4 bridgehead atoms. The molecule has 0 amide bonds. The summed E-state index contributed by atoms with van der Waals surface area (Å²) in [7, 11) is 0. The van der Waals surface area contributed by atoms with Crippen LogP contribution in [-0.4, -0.2) is 45.7 Å². The highest BCUT2D eigenvalue weighted by molar-refractivity contribution is 5.74. The number of carboxylic acid groups (broad SMARTS) is 2. The third-order valence-corrected chi connectivity index (χ3v) is 5.92. The first-order valence-electron chi connectivity index (χ1n) is 7.65. The molecule has 5 aliphatic rings. The van der Waals surface area contributed by atoms with Crippen LogP contribution in [0.2, 0.25) is 0 Å². The van der Waals surface area contributed by atoms with Crippen molar-refractivity contribution in [2.45, 2.75) is 56.5 Å². The number of hydrogen-bond acceptors (Lipinski definition) is 3. The first-order valence-corrected chi connectivity index (χ1v) is 7.65. The lowest BCUT2D eigenvalue weighted by atomic mass is 9.52. The van der Waals surface area contributed by atoms with Crippen LogP contribution in [0.25, 0.3) is 0 Å². The van der Waals surface area contributed by atoms with Crippen molar-refractivity contribution in [3.8, 4) is 0 Å². The third-order valence-electron chi connectivity index (χ3n) is 5.92. The molecule has 0 spiro atoms. The van der Waals surface area contributed by atoms with Crippen LogP contribution in [0.15, 0.2) is 0 Å². The number of rotatable bonds is 2. The lowest BCUT2D eigenvalue weighted by Crippen LogP contribution is -2.68. The van der Waals surface area contributed by atoms with E-state index in [1.54, 1.807) is 0 Å². The molecule has 4 saturated carbocycles. The molecule has 1 saturated heterocycles. The van der Waals surface area contributed by atoms with Crippen LogP contribution >= 0.6 is 0 Å². The Kier molecular flexibility index (Phi) is 3.48. The Morgan fingerprint density at radius 1 is 1.10 bits per heavy atom. The average molecular weight is 281 g/mol. The maximum atomic E-state index is 11.2. The second-order valence-corrected chi connectivity index (χ2v) is 7.08. The van der Waals surface area contributed by atoms with Gasteiger partial charge in [0.1, 0.15) is 6.04 Å². The fraction of sp³-hybridized carbons (Fsp3) is 0.867. The molecule has 5 fully saturated rings. The van der Waals surface area contributed by atoms with Gasteiger partial charge in [0.25, 0.3) is 6.47 Å². The first-order chi connectivity index (χ1) is 9.58. The number of likely N-dealkylation sites (tertiary alicyclic amines) is 1. The highest BCUT2D eigenvalue weighted by Crippen LogP contribution is 2.59. The summed E-state index contributed by atoms with van der Waals surface area (Å²) in [5, 5.41) is 16.2. The van der Waals surface area contributed by atoms with Crippen molar-refractivity contribution in [1.82, 2.24) is 4.90 Å². The van der Waals surface area contributed by atoms with Crippen molar-refractivity contribution in [2.24, 2.45) is 17.8 Å². The van der Waals surface area contributed by atoms with E-state index in [0.717, 1.165) is 30.7 Å². The summed E-state index contributed by atoms with van der Waals surface area (Å²) in [4.78, 5) is 22.0. The molecule has 5 heteroatoms. The summed E-state index contributed by atoms with van der Waals surface area (Å²) < 4.78 is 0. The Bertz CT molecular complexity index is 373. The number of carbonyl (C=O) groups is 2. The zero-order valence-corrected chi connectivity index (χ0v) is 11.7. The molecule has 1 aliphatic heterocycles. The summed E-state index contributed by atoms with van der Waals surface area (Å²) in [5.74, 6) is 2.15. The van der Waals surface area contributed by atoms with Crippen LogP contribution in [0, 0.1) is 17.8 Å². The maximum absolute atomic E-state index is 11.2. The predicted octanol–water partition coefficient (Wildman–Crippen LogP) is 1.81. The lowest BCUT2D eigenvalue weighted by Gasteiger charge is -2.64. The van der Waals surface area contributed by atoms with Gasteiger partial charge in [-0.05, 0) is 62.7 Å². The van der Waals surface area contributed by atoms with E-state index < -0.39 is 5.97 Å². The standard InChI is InChI=1S/C14H21NO2.CH2O2/c16-13(17)12-1-2-15(12)14-6-9-3-10(7-14)5-11(4-9)8-14;2-1-3/h9-12H,1-8H2,(H,16,17);1H,(H,2,3). The third kappa shape index (κ3) is 2.12. The minimum Gasteiger partial charge on any atom is -0.483 e. The van der Waals surface area contributed by atoms with Gasteiger partial charge >= 0.3 is 5.97 Å². The molecule has 0 aromatic rings. The molecule has 0 radical (unpaired) electrons. The number of hydrogen-bond donors (Lipinski definition) is 2. The van der Waals surface area contributed by atoms with Gasteiger partial charge in [-0.15, -0.1) is 0 Å². The highest BCUT2D eigenvalue weighted by atomic mass is 16.4. The fourth-order valence-corrected chi connectivity index (χ4v) is 5.63. The topological polar surface area (TPSA) is 77.8 Å². The van der Waals surface area contributed by atoms with Crippen molar-refractivity contribution < 1.29 is 19.8 Å². The van der Waals surface area contributed by atoms with Crippen molar-refractivity contribution in [3.63, 3.8) is 0 Å². The molecule has 1 unspecified atom stereocenters. The molecular weight excluding hydrogens is 258 g/mol. The molecule has 112 valence electrons. The normalized spacial score (nSPS) is 45.2. The monoisotopic (exact) mass is 281 g/mol. The van der Waals surface area contributed by atoms with E-state index in [0.29, 0.717) is 5.54 Å². The Morgan fingerprint density at radius 2 is 1.55 bits per heavy atom. The van der Waals surface area contributed by atoms with Gasteiger partial charge in [-0.3, -0.25) is 14.5 Å². The molecule has 0 aromatic carbocycles. The van der Waals surface area contributed by atoms with E-state index >= 15 is 0 Å². The molecule has 2 N–H and O–H groups in total. The van der Waals surface area contributed by atoms with E-state index in [1.807, 2.05) is 0 Å². The SMILES string of the molecule is O=C(O)C1CCN1C12CC3CC(CC(C3)C1)C2.O=CO. The van der Waals surface area contributed by atoms with Gasteiger partial charge in [0.15, 0.2) is 0 Å². The van der Waals surface area contributed by atoms with Crippen LogP contribution in [-0.2, 0) is 9.59 Å². The summed E-state index contributed by atoms with van der Waals surface area (Å²) in [6.07, 6.45) is 9.06. The Balaban J connectivity index is 0.000000373. The summed E-state index contributed by atoms with van der Waals surface area (Å²) in [5.41, 5.74) is 0.302. The van der Waals surface area contributed by atoms with Gasteiger partial charge in [0, 0.05) is 12.1 Å². The van der Waals surface area contributed by atoms with Crippen molar-refractivity contribution in [2.75, 3.05) is 6.54 Å².